The summed E-state index contributed by atoms with van der Waals surface area (Å²) in [7, 11) is 3.58. The summed E-state index contributed by atoms with van der Waals surface area (Å²) in [5.41, 5.74) is 6.43. The lowest BCUT2D eigenvalue weighted by Crippen LogP contribution is -2.79. The minimum absolute atomic E-state index is 0.112. The predicted molar refractivity (Wildman–Crippen MR) is 99.2 cm³/mol. The summed E-state index contributed by atoms with van der Waals surface area (Å²) in [5.74, 6) is 0. The van der Waals surface area contributed by atoms with E-state index in [1.54, 1.807) is 23.9 Å². The van der Waals surface area contributed by atoms with E-state index in [9.17, 15) is 4.79 Å². The van der Waals surface area contributed by atoms with Crippen LogP contribution in [0.4, 0.5) is 4.79 Å². The van der Waals surface area contributed by atoms with E-state index < -0.39 is 11.3 Å². The lowest BCUT2D eigenvalue weighted by Gasteiger charge is -2.53. The van der Waals surface area contributed by atoms with Crippen LogP contribution >= 0.6 is 12.2 Å². The molecule has 2 amide bonds. The van der Waals surface area contributed by atoms with E-state index in [1.807, 2.05) is 60.7 Å². The van der Waals surface area contributed by atoms with Gasteiger partial charge in [-0.25, -0.2) is 10.2 Å². The number of rotatable bonds is 2. The number of carbonyl (C=O) groups is 1. The second kappa shape index (κ2) is 5.44. The fraction of sp³-hybridized carbons (Fsp3) is 0.222. The van der Waals surface area contributed by atoms with Crippen molar-refractivity contribution in [2.75, 3.05) is 14.1 Å². The predicted octanol–water partition coefficient (Wildman–Crippen LogP) is 1.67. The standard InChI is InChI=1S/C18H19N5OS/c1-22-16(24)23(2)18(14-11-7-4-8-12-14)17(22,19-15(25)20-21-18)13-9-5-3-6-10-13/h3-12,21H,1-2H3,(H2,19,20,25)/t17-,18-/m1/s1. The molecule has 2 saturated heterocycles. The van der Waals surface area contributed by atoms with Crippen LogP contribution in [0.2, 0.25) is 0 Å². The Labute approximate surface area is 151 Å². The molecule has 0 aliphatic carbocycles. The van der Waals surface area contributed by atoms with Crippen LogP contribution in [-0.2, 0) is 11.3 Å². The van der Waals surface area contributed by atoms with Gasteiger partial charge in [0.05, 0.1) is 0 Å². The van der Waals surface area contributed by atoms with Crippen molar-refractivity contribution in [3.8, 4) is 0 Å². The number of thiocarbonyl (C=S) groups is 1. The van der Waals surface area contributed by atoms with E-state index in [0.717, 1.165) is 11.1 Å². The van der Waals surface area contributed by atoms with Gasteiger partial charge in [0.1, 0.15) is 0 Å². The number of nitrogens with one attached hydrogen (secondary N) is 3. The number of nitrogens with zero attached hydrogens (tertiary/aromatic N) is 2. The molecule has 0 bridgehead atoms. The van der Waals surface area contributed by atoms with Gasteiger partial charge >= 0.3 is 6.03 Å². The average molecular weight is 353 g/mol. The molecular weight excluding hydrogens is 334 g/mol. The first-order valence-electron chi connectivity index (χ1n) is 8.02. The van der Waals surface area contributed by atoms with Gasteiger partial charge in [-0.1, -0.05) is 60.7 Å². The molecule has 0 saturated carbocycles. The van der Waals surface area contributed by atoms with Gasteiger partial charge in [-0.15, -0.1) is 0 Å². The van der Waals surface area contributed by atoms with E-state index >= 15 is 0 Å². The molecule has 6 nitrogen and oxygen atoms in total. The molecule has 2 atom stereocenters. The number of amides is 2. The molecule has 2 aliphatic rings. The van der Waals surface area contributed by atoms with Gasteiger partial charge in [-0.05, 0) is 17.8 Å². The molecule has 2 heterocycles. The van der Waals surface area contributed by atoms with E-state index in [0.29, 0.717) is 5.11 Å². The number of fused-ring (bicyclic) bond motifs is 1. The zero-order valence-corrected chi connectivity index (χ0v) is 14.8. The van der Waals surface area contributed by atoms with Gasteiger partial charge in [0, 0.05) is 19.7 Å². The van der Waals surface area contributed by atoms with Crippen LogP contribution in [0.1, 0.15) is 11.1 Å². The average Bonchev–Trinajstić information content (AvgIpc) is 2.83. The Morgan fingerprint density at radius 3 is 1.88 bits per heavy atom. The Morgan fingerprint density at radius 1 is 0.840 bits per heavy atom. The summed E-state index contributed by atoms with van der Waals surface area (Å²) in [4.78, 5) is 16.4. The van der Waals surface area contributed by atoms with Gasteiger partial charge < -0.3 is 5.32 Å². The lowest BCUT2D eigenvalue weighted by atomic mass is 9.80. The van der Waals surface area contributed by atoms with Crippen LogP contribution in [0.15, 0.2) is 60.7 Å². The van der Waals surface area contributed by atoms with Crippen molar-refractivity contribution in [2.45, 2.75) is 11.3 Å². The number of urea groups is 1. The number of hydrogen-bond donors (Lipinski definition) is 3. The Balaban J connectivity index is 2.06. The highest BCUT2D eigenvalue weighted by Gasteiger charge is 2.69. The van der Waals surface area contributed by atoms with Crippen molar-refractivity contribution >= 4 is 23.4 Å². The van der Waals surface area contributed by atoms with Crippen LogP contribution in [0.5, 0.6) is 0 Å². The van der Waals surface area contributed by atoms with Crippen LogP contribution in [0.3, 0.4) is 0 Å². The van der Waals surface area contributed by atoms with Crippen LogP contribution in [0, 0.1) is 0 Å². The van der Waals surface area contributed by atoms with Crippen molar-refractivity contribution in [1.29, 1.82) is 0 Å². The SMILES string of the molecule is CN1C(=O)N(C)[C@@]2(c3ccccc3)NC(=S)NN[C@]12c1ccccc1. The molecule has 0 radical (unpaired) electrons. The van der Waals surface area contributed by atoms with Crippen molar-refractivity contribution in [3.05, 3.63) is 71.8 Å². The molecule has 0 aromatic heterocycles. The first-order chi connectivity index (χ1) is 12.0. The Bertz CT molecular complexity index is 830. The minimum atomic E-state index is -0.899. The van der Waals surface area contributed by atoms with Crippen LogP contribution < -0.4 is 16.2 Å². The highest BCUT2D eigenvalue weighted by Crippen LogP contribution is 2.50. The quantitative estimate of drug-likeness (QED) is 0.717. The highest BCUT2D eigenvalue weighted by atomic mass is 32.1. The van der Waals surface area contributed by atoms with Gasteiger partial charge in [0.25, 0.3) is 0 Å². The minimum Gasteiger partial charge on any atom is -0.332 e. The number of carbonyl (C=O) groups excluding carboxylic acids is 1. The molecule has 128 valence electrons. The molecule has 3 N–H and O–H groups in total. The molecule has 25 heavy (non-hydrogen) atoms. The summed E-state index contributed by atoms with van der Waals surface area (Å²) in [6, 6.07) is 19.7. The number of hydrazine groups is 1. The molecule has 2 aromatic rings. The summed E-state index contributed by atoms with van der Waals surface area (Å²) in [6.45, 7) is 0. The second-order valence-corrected chi connectivity index (χ2v) is 6.67. The third-order valence-electron chi connectivity index (χ3n) is 5.14. The largest absolute Gasteiger partial charge is 0.332 e. The monoisotopic (exact) mass is 353 g/mol. The smallest absolute Gasteiger partial charge is 0.323 e. The van der Waals surface area contributed by atoms with Crippen molar-refractivity contribution in [2.24, 2.45) is 0 Å². The maximum absolute atomic E-state index is 13.0. The third-order valence-corrected chi connectivity index (χ3v) is 5.34. The Hall–Kier alpha value is -2.64. The second-order valence-electron chi connectivity index (χ2n) is 6.26. The Kier molecular flexibility index (Phi) is 3.45. The van der Waals surface area contributed by atoms with Crippen molar-refractivity contribution in [3.63, 3.8) is 0 Å². The zero-order chi connectivity index (χ0) is 17.7. The first-order valence-corrected chi connectivity index (χ1v) is 8.43. The third kappa shape index (κ3) is 1.87. The van der Waals surface area contributed by atoms with E-state index in [2.05, 4.69) is 16.2 Å². The normalized spacial score (nSPS) is 28.4. The molecule has 4 rings (SSSR count). The van der Waals surface area contributed by atoms with E-state index in [1.165, 1.54) is 0 Å². The molecule has 7 heteroatoms. The zero-order valence-electron chi connectivity index (χ0n) is 14.0. The topological polar surface area (TPSA) is 59.6 Å². The number of benzene rings is 2. The fourth-order valence-corrected chi connectivity index (χ4v) is 4.20. The van der Waals surface area contributed by atoms with Crippen LogP contribution in [0.25, 0.3) is 0 Å². The van der Waals surface area contributed by atoms with Crippen molar-refractivity contribution in [1.82, 2.24) is 26.0 Å². The molecule has 2 fully saturated rings. The summed E-state index contributed by atoms with van der Waals surface area (Å²) < 4.78 is 0. The molecule has 2 aliphatic heterocycles. The fourth-order valence-electron chi connectivity index (χ4n) is 4.00. The van der Waals surface area contributed by atoms with Crippen LogP contribution in [-0.4, -0.2) is 35.0 Å². The van der Waals surface area contributed by atoms with E-state index in [4.69, 9.17) is 12.2 Å². The highest BCUT2D eigenvalue weighted by molar-refractivity contribution is 7.80. The first kappa shape index (κ1) is 15.9. The summed E-state index contributed by atoms with van der Waals surface area (Å²) >= 11 is 5.39. The maximum Gasteiger partial charge on any atom is 0.323 e. The van der Waals surface area contributed by atoms with E-state index in [-0.39, 0.29) is 6.03 Å². The molecular formula is C18H19N5OS. The molecule has 0 spiro atoms. The lowest BCUT2D eigenvalue weighted by molar-refractivity contribution is -0.00693. The maximum atomic E-state index is 13.0. The van der Waals surface area contributed by atoms with Gasteiger partial charge in [0.2, 0.25) is 0 Å². The number of likely N-dealkylation sites (N-methyl/N-ethyl adjacent to an activating group) is 2. The van der Waals surface area contributed by atoms with Gasteiger partial charge in [-0.3, -0.25) is 15.2 Å². The van der Waals surface area contributed by atoms with Gasteiger partial charge in [-0.2, -0.15) is 0 Å². The number of hydrogen-bond acceptors (Lipinski definition) is 3. The van der Waals surface area contributed by atoms with Gasteiger partial charge in [0.15, 0.2) is 16.4 Å². The summed E-state index contributed by atoms with van der Waals surface area (Å²) in [5, 5.41) is 3.81. The summed E-state index contributed by atoms with van der Waals surface area (Å²) in [6.07, 6.45) is 0. The molecule has 0 unspecified atom stereocenters. The Morgan fingerprint density at radius 2 is 1.32 bits per heavy atom. The van der Waals surface area contributed by atoms with Crippen molar-refractivity contribution < 1.29 is 4.79 Å². The molecule has 2 aromatic carbocycles.